The van der Waals surface area contributed by atoms with Gasteiger partial charge in [0.2, 0.25) is 11.9 Å². The third kappa shape index (κ3) is 5.15. The molecular weight excluding hydrogens is 423 g/mol. The highest BCUT2D eigenvalue weighted by atomic mass is 35.5. The fourth-order valence-electron chi connectivity index (χ4n) is 3.35. The number of piperazine rings is 1. The molecule has 11 heteroatoms. The first-order valence-electron chi connectivity index (χ1n) is 9.91. The van der Waals surface area contributed by atoms with Gasteiger partial charge in [0.25, 0.3) is 0 Å². The second-order valence-electron chi connectivity index (χ2n) is 7.18. The third-order valence-corrected chi connectivity index (χ3v) is 5.38. The molecule has 1 aromatic carbocycles. The Hall–Kier alpha value is -3.11. The Kier molecular flexibility index (Phi) is 6.38. The van der Waals surface area contributed by atoms with E-state index >= 15 is 0 Å². The van der Waals surface area contributed by atoms with E-state index in [1.165, 1.54) is 18.5 Å². The lowest BCUT2D eigenvalue weighted by Gasteiger charge is -2.34. The molecule has 1 fully saturated rings. The molecule has 9 nitrogen and oxygen atoms in total. The minimum absolute atomic E-state index is 0.0180. The average Bonchev–Trinajstić information content (AvgIpc) is 2.77. The Bertz CT molecular complexity index is 1090. The van der Waals surface area contributed by atoms with Crippen LogP contribution in [0, 0.1) is 5.82 Å². The molecule has 0 spiro atoms. The summed E-state index contributed by atoms with van der Waals surface area (Å²) in [6.45, 7) is 6.28. The Balaban J connectivity index is 1.41. The molecular formula is C20H22ClFN8O. The van der Waals surface area contributed by atoms with Gasteiger partial charge in [-0.2, -0.15) is 0 Å². The minimum atomic E-state index is -0.490. The Labute approximate surface area is 183 Å². The summed E-state index contributed by atoms with van der Waals surface area (Å²) in [6.07, 6.45) is 3.04. The normalized spacial score (nSPS) is 14.6. The van der Waals surface area contributed by atoms with Crippen molar-refractivity contribution in [2.45, 2.75) is 6.92 Å². The van der Waals surface area contributed by atoms with E-state index in [2.05, 4.69) is 35.5 Å². The van der Waals surface area contributed by atoms with Gasteiger partial charge in [0.1, 0.15) is 23.2 Å². The van der Waals surface area contributed by atoms with Gasteiger partial charge in [-0.1, -0.05) is 11.6 Å². The number of carbonyl (C=O) groups excluding carboxylic acids is 1. The summed E-state index contributed by atoms with van der Waals surface area (Å²) in [5.74, 6) is 0.566. The second kappa shape index (κ2) is 9.36. The van der Waals surface area contributed by atoms with Gasteiger partial charge in [-0.3, -0.25) is 9.69 Å². The zero-order chi connectivity index (χ0) is 21.8. The summed E-state index contributed by atoms with van der Waals surface area (Å²) < 4.78 is 13.4. The summed E-state index contributed by atoms with van der Waals surface area (Å²) in [7, 11) is 0. The van der Waals surface area contributed by atoms with Crippen LogP contribution in [0.4, 0.5) is 21.8 Å². The number of aromatic nitrogens is 4. The highest BCUT2D eigenvalue weighted by molar-refractivity contribution is 6.31. The van der Waals surface area contributed by atoms with Crippen LogP contribution >= 0.6 is 11.6 Å². The maximum absolute atomic E-state index is 13.4. The van der Waals surface area contributed by atoms with E-state index in [0.29, 0.717) is 35.0 Å². The molecule has 0 unspecified atom stereocenters. The minimum Gasteiger partial charge on any atom is -0.353 e. The number of benzene rings is 1. The predicted molar refractivity (Wildman–Crippen MR) is 117 cm³/mol. The van der Waals surface area contributed by atoms with Crippen molar-refractivity contribution < 1.29 is 9.18 Å². The first-order chi connectivity index (χ1) is 15.0. The number of halogens is 2. The average molecular weight is 445 g/mol. The van der Waals surface area contributed by atoms with Crippen LogP contribution in [0.1, 0.15) is 6.92 Å². The first-order valence-corrected chi connectivity index (χ1v) is 10.3. The molecule has 0 aliphatic carbocycles. The molecule has 162 valence electrons. The molecule has 2 N–H and O–H groups in total. The van der Waals surface area contributed by atoms with E-state index < -0.39 is 5.82 Å². The van der Waals surface area contributed by atoms with Crippen LogP contribution in [-0.4, -0.2) is 74.9 Å². The standard InChI is InChI=1S/C20H22ClFN8O/c1-13(31)30-8-6-29(7-9-30)5-4-23-20-24-11-17-18(28-20)19(26-12-25-17)27-14-2-3-16(22)15(21)10-14/h2-3,10-12H,4-9H2,1H3,(H,23,24,28)(H,25,26,27). The largest absolute Gasteiger partial charge is 0.353 e. The van der Waals surface area contributed by atoms with Crippen LogP contribution in [0.2, 0.25) is 5.02 Å². The lowest BCUT2D eigenvalue weighted by molar-refractivity contribution is -0.130. The van der Waals surface area contributed by atoms with Gasteiger partial charge in [0, 0.05) is 51.9 Å². The van der Waals surface area contributed by atoms with Gasteiger partial charge < -0.3 is 15.5 Å². The molecule has 1 saturated heterocycles. The fraction of sp³-hybridized carbons (Fsp3) is 0.350. The fourth-order valence-corrected chi connectivity index (χ4v) is 3.53. The summed E-state index contributed by atoms with van der Waals surface area (Å²) in [5.41, 5.74) is 1.70. The number of amides is 1. The molecule has 3 aromatic rings. The Morgan fingerprint density at radius 2 is 2.00 bits per heavy atom. The number of carbonyl (C=O) groups is 1. The van der Waals surface area contributed by atoms with Crippen LogP contribution in [0.3, 0.4) is 0 Å². The highest BCUT2D eigenvalue weighted by Gasteiger charge is 2.18. The van der Waals surface area contributed by atoms with Crippen molar-refractivity contribution in [2.24, 2.45) is 0 Å². The maximum atomic E-state index is 13.4. The molecule has 0 saturated carbocycles. The van der Waals surface area contributed by atoms with Crippen LogP contribution in [-0.2, 0) is 4.79 Å². The summed E-state index contributed by atoms with van der Waals surface area (Å²) in [4.78, 5) is 32.9. The molecule has 0 bridgehead atoms. The Morgan fingerprint density at radius 3 is 2.74 bits per heavy atom. The van der Waals surface area contributed by atoms with Crippen LogP contribution in [0.25, 0.3) is 11.0 Å². The second-order valence-corrected chi connectivity index (χ2v) is 7.59. The van der Waals surface area contributed by atoms with Crippen molar-refractivity contribution in [1.29, 1.82) is 0 Å². The molecule has 1 aliphatic rings. The van der Waals surface area contributed by atoms with E-state index in [-0.39, 0.29) is 10.9 Å². The van der Waals surface area contributed by atoms with Crippen molar-refractivity contribution in [3.8, 4) is 0 Å². The van der Waals surface area contributed by atoms with Crippen molar-refractivity contribution in [3.63, 3.8) is 0 Å². The van der Waals surface area contributed by atoms with Crippen LogP contribution in [0.15, 0.2) is 30.7 Å². The number of nitrogens with zero attached hydrogens (tertiary/aromatic N) is 6. The van der Waals surface area contributed by atoms with E-state index in [1.807, 2.05) is 4.90 Å². The molecule has 0 radical (unpaired) electrons. The van der Waals surface area contributed by atoms with Crippen molar-refractivity contribution in [3.05, 3.63) is 41.6 Å². The first kappa shape index (κ1) is 21.1. The summed E-state index contributed by atoms with van der Waals surface area (Å²) in [5, 5.41) is 6.35. The SMILES string of the molecule is CC(=O)N1CCN(CCNc2ncc3ncnc(Nc4ccc(F)c(Cl)c4)c3n2)CC1. The van der Waals surface area contributed by atoms with Crippen LogP contribution in [0.5, 0.6) is 0 Å². The van der Waals surface area contributed by atoms with E-state index in [9.17, 15) is 9.18 Å². The van der Waals surface area contributed by atoms with Crippen molar-refractivity contribution >= 4 is 46.0 Å². The molecule has 2 aromatic heterocycles. The lowest BCUT2D eigenvalue weighted by Crippen LogP contribution is -2.49. The molecule has 4 rings (SSSR count). The molecule has 31 heavy (non-hydrogen) atoms. The van der Waals surface area contributed by atoms with E-state index in [4.69, 9.17) is 11.6 Å². The summed E-state index contributed by atoms with van der Waals surface area (Å²) >= 11 is 5.86. The molecule has 1 amide bonds. The zero-order valence-electron chi connectivity index (χ0n) is 17.0. The number of fused-ring (bicyclic) bond motifs is 1. The van der Waals surface area contributed by atoms with Gasteiger partial charge in [0.05, 0.1) is 11.2 Å². The van der Waals surface area contributed by atoms with Crippen molar-refractivity contribution in [2.75, 3.05) is 49.9 Å². The quantitative estimate of drug-likeness (QED) is 0.598. The van der Waals surface area contributed by atoms with Gasteiger partial charge in [-0.05, 0) is 18.2 Å². The zero-order valence-corrected chi connectivity index (χ0v) is 17.7. The highest BCUT2D eigenvalue weighted by Crippen LogP contribution is 2.25. The smallest absolute Gasteiger partial charge is 0.223 e. The maximum Gasteiger partial charge on any atom is 0.223 e. The number of hydrogen-bond donors (Lipinski definition) is 2. The van der Waals surface area contributed by atoms with E-state index in [0.717, 1.165) is 32.7 Å². The predicted octanol–water partition coefficient (Wildman–Crippen LogP) is 2.53. The van der Waals surface area contributed by atoms with Crippen LogP contribution < -0.4 is 10.6 Å². The van der Waals surface area contributed by atoms with Gasteiger partial charge in [-0.15, -0.1) is 0 Å². The lowest BCUT2D eigenvalue weighted by atomic mass is 10.3. The third-order valence-electron chi connectivity index (χ3n) is 5.09. The van der Waals surface area contributed by atoms with Gasteiger partial charge in [-0.25, -0.2) is 24.3 Å². The molecule has 3 heterocycles. The number of rotatable bonds is 6. The molecule has 1 aliphatic heterocycles. The van der Waals surface area contributed by atoms with Crippen molar-refractivity contribution in [1.82, 2.24) is 29.7 Å². The number of anilines is 3. The monoisotopic (exact) mass is 444 g/mol. The van der Waals surface area contributed by atoms with Gasteiger partial charge >= 0.3 is 0 Å². The topological polar surface area (TPSA) is 99.2 Å². The number of nitrogens with one attached hydrogen (secondary N) is 2. The Morgan fingerprint density at radius 1 is 1.19 bits per heavy atom. The number of hydrogen-bond acceptors (Lipinski definition) is 8. The van der Waals surface area contributed by atoms with E-state index in [1.54, 1.807) is 19.2 Å². The summed E-state index contributed by atoms with van der Waals surface area (Å²) in [6, 6.07) is 4.34. The van der Waals surface area contributed by atoms with Gasteiger partial charge in [0.15, 0.2) is 5.82 Å². The molecule has 0 atom stereocenters.